The summed E-state index contributed by atoms with van der Waals surface area (Å²) in [5.74, 6) is -0.730. The summed E-state index contributed by atoms with van der Waals surface area (Å²) in [6.45, 7) is 3.19. The van der Waals surface area contributed by atoms with Gasteiger partial charge in [-0.3, -0.25) is 14.9 Å². The number of nitro benzene ring substituents is 1. The molecule has 11 nitrogen and oxygen atoms in total. The smallest absolute Gasteiger partial charge is 0.338 e. The number of rotatable bonds is 10. The summed E-state index contributed by atoms with van der Waals surface area (Å²) in [6.07, 6.45) is 2.01. The number of benzene rings is 1. The number of nitro groups is 1. The second-order valence-corrected chi connectivity index (χ2v) is 9.32. The van der Waals surface area contributed by atoms with E-state index in [0.29, 0.717) is 40.8 Å². The Labute approximate surface area is 212 Å². The van der Waals surface area contributed by atoms with Gasteiger partial charge in [0, 0.05) is 38.1 Å². The minimum atomic E-state index is -0.666. The largest absolute Gasteiger partial charge is 0.460 e. The first kappa shape index (κ1) is 25.9. The van der Waals surface area contributed by atoms with Crippen molar-refractivity contribution in [3.63, 3.8) is 0 Å². The van der Waals surface area contributed by atoms with E-state index in [1.807, 2.05) is 10.3 Å². The molecule has 2 unspecified atom stereocenters. The van der Waals surface area contributed by atoms with E-state index in [-0.39, 0.29) is 37.3 Å². The summed E-state index contributed by atoms with van der Waals surface area (Å²) in [5, 5.41) is 16.6. The van der Waals surface area contributed by atoms with Gasteiger partial charge >= 0.3 is 5.97 Å². The van der Waals surface area contributed by atoms with Gasteiger partial charge in [0.2, 0.25) is 5.91 Å². The van der Waals surface area contributed by atoms with Crippen molar-refractivity contribution >= 4 is 34.5 Å². The number of carbonyl (C=O) groups is 2. The van der Waals surface area contributed by atoms with Crippen LogP contribution in [0.1, 0.15) is 37.8 Å². The first-order chi connectivity index (χ1) is 17.4. The molecule has 3 aliphatic heterocycles. The van der Waals surface area contributed by atoms with Crippen molar-refractivity contribution in [2.45, 2.75) is 38.3 Å². The molecular formula is C24H28N4O7S. The number of amidine groups is 1. The highest BCUT2D eigenvalue weighted by Crippen LogP contribution is 2.45. The third-order valence-electron chi connectivity index (χ3n) is 6.05. The number of nitrogens with one attached hydrogen (secondary N) is 1. The number of hydrogen-bond donors (Lipinski definition) is 1. The molecule has 12 heteroatoms. The maximum absolute atomic E-state index is 13.1. The van der Waals surface area contributed by atoms with Gasteiger partial charge in [-0.05, 0) is 42.9 Å². The first-order valence-corrected chi connectivity index (χ1v) is 12.5. The number of methoxy groups -OCH3 is 1. The number of nitrogens with zero attached hydrogens (tertiary/aromatic N) is 3. The molecule has 3 heterocycles. The lowest BCUT2D eigenvalue weighted by molar-refractivity contribution is -0.384. The van der Waals surface area contributed by atoms with Gasteiger partial charge in [-0.1, -0.05) is 11.8 Å². The van der Waals surface area contributed by atoms with Crippen molar-refractivity contribution in [3.05, 3.63) is 62.3 Å². The molecule has 36 heavy (non-hydrogen) atoms. The zero-order valence-electron chi connectivity index (χ0n) is 20.1. The van der Waals surface area contributed by atoms with Crippen molar-refractivity contribution in [3.8, 4) is 0 Å². The zero-order valence-corrected chi connectivity index (χ0v) is 20.9. The summed E-state index contributed by atoms with van der Waals surface area (Å²) in [5.41, 5.74) is 2.03. The van der Waals surface area contributed by atoms with E-state index in [4.69, 9.17) is 14.2 Å². The van der Waals surface area contributed by atoms with Gasteiger partial charge in [-0.25, -0.2) is 9.79 Å². The fraction of sp³-hybridized carbons (Fsp3) is 0.458. The van der Waals surface area contributed by atoms with Gasteiger partial charge in [-0.15, -0.1) is 0 Å². The molecule has 1 fully saturated rings. The Morgan fingerprint density at radius 1 is 1.31 bits per heavy atom. The number of fused-ring (bicyclic) bond motifs is 1. The lowest BCUT2D eigenvalue weighted by atomic mass is 9.93. The monoisotopic (exact) mass is 516 g/mol. The Kier molecular flexibility index (Phi) is 8.39. The molecule has 1 aromatic rings. The number of esters is 1. The molecule has 0 bridgehead atoms. The summed E-state index contributed by atoms with van der Waals surface area (Å²) in [4.78, 5) is 43.1. The Morgan fingerprint density at radius 2 is 2.08 bits per heavy atom. The van der Waals surface area contributed by atoms with Crippen molar-refractivity contribution in [2.24, 2.45) is 4.99 Å². The van der Waals surface area contributed by atoms with E-state index in [1.165, 1.54) is 31.0 Å². The molecule has 1 saturated heterocycles. The third-order valence-corrected chi connectivity index (χ3v) is 6.94. The average Bonchev–Trinajstić information content (AvgIpc) is 3.52. The van der Waals surface area contributed by atoms with Gasteiger partial charge in [0.1, 0.15) is 6.61 Å². The minimum Gasteiger partial charge on any atom is -0.460 e. The maximum atomic E-state index is 13.1. The van der Waals surface area contributed by atoms with Gasteiger partial charge in [0.25, 0.3) is 5.69 Å². The van der Waals surface area contributed by atoms with E-state index in [9.17, 15) is 19.7 Å². The normalized spacial score (nSPS) is 21.1. The van der Waals surface area contributed by atoms with Gasteiger partial charge in [0.05, 0.1) is 41.4 Å². The summed E-state index contributed by atoms with van der Waals surface area (Å²) >= 11 is 1.36. The maximum Gasteiger partial charge on any atom is 0.338 e. The molecule has 2 atom stereocenters. The van der Waals surface area contributed by atoms with E-state index in [1.54, 1.807) is 19.1 Å². The van der Waals surface area contributed by atoms with Crippen LogP contribution >= 0.6 is 11.8 Å². The van der Waals surface area contributed by atoms with Crippen LogP contribution in [0.3, 0.4) is 0 Å². The minimum absolute atomic E-state index is 0.0277. The summed E-state index contributed by atoms with van der Waals surface area (Å²) < 4.78 is 16.0. The number of carbonyl (C=O) groups excluding carboxylic acids is 2. The molecule has 1 aromatic carbocycles. The molecule has 3 aliphatic rings. The molecule has 192 valence electrons. The lowest BCUT2D eigenvalue weighted by Gasteiger charge is -2.36. The van der Waals surface area contributed by atoms with Crippen molar-refractivity contribution in [1.82, 2.24) is 10.2 Å². The Morgan fingerprint density at radius 3 is 2.75 bits per heavy atom. The van der Waals surface area contributed by atoms with Crippen LogP contribution in [-0.2, 0) is 23.8 Å². The molecule has 0 aliphatic carbocycles. The van der Waals surface area contributed by atoms with E-state index < -0.39 is 16.9 Å². The van der Waals surface area contributed by atoms with E-state index >= 15 is 0 Å². The molecule has 1 N–H and O–H groups in total. The number of aliphatic imine (C=N–C) groups is 1. The van der Waals surface area contributed by atoms with Crippen molar-refractivity contribution in [2.75, 3.05) is 33.5 Å². The third kappa shape index (κ3) is 5.77. The zero-order chi connectivity index (χ0) is 25.7. The van der Waals surface area contributed by atoms with Crippen molar-refractivity contribution < 1.29 is 28.7 Å². The molecule has 0 radical (unpaired) electrons. The van der Waals surface area contributed by atoms with Gasteiger partial charge < -0.3 is 24.4 Å². The Bertz CT molecular complexity index is 1110. The Balaban J connectivity index is 1.60. The Hall–Kier alpha value is -3.22. The molecule has 4 rings (SSSR count). The predicted molar refractivity (Wildman–Crippen MR) is 133 cm³/mol. The van der Waals surface area contributed by atoms with Crippen LogP contribution in [0, 0.1) is 10.1 Å². The number of non-ortho nitro benzene ring substituents is 1. The number of ether oxygens (including phenoxy) is 3. The van der Waals surface area contributed by atoms with E-state index in [2.05, 4.69) is 10.3 Å². The van der Waals surface area contributed by atoms with Crippen LogP contribution in [0.25, 0.3) is 0 Å². The van der Waals surface area contributed by atoms with Crippen LogP contribution in [0.2, 0.25) is 0 Å². The summed E-state index contributed by atoms with van der Waals surface area (Å²) in [7, 11) is 1.51. The average molecular weight is 517 g/mol. The molecular weight excluding hydrogens is 488 g/mol. The first-order valence-electron chi connectivity index (χ1n) is 11.6. The topological polar surface area (TPSA) is 133 Å². The van der Waals surface area contributed by atoms with Crippen LogP contribution in [-0.4, -0.2) is 66.4 Å². The second kappa shape index (κ2) is 11.7. The highest BCUT2D eigenvalue weighted by atomic mass is 32.2. The number of amides is 1. The van der Waals surface area contributed by atoms with Crippen LogP contribution in [0.5, 0.6) is 0 Å². The fourth-order valence-corrected chi connectivity index (χ4v) is 5.24. The molecule has 1 amide bonds. The number of hydrogen-bond acceptors (Lipinski definition) is 10. The quantitative estimate of drug-likeness (QED) is 0.216. The van der Waals surface area contributed by atoms with E-state index in [0.717, 1.165) is 12.8 Å². The standard InChI is InChI=1S/C24H28N4O7S/c1-15-21(23(30)35-11-10-33-2)22(16-5-7-17(8-6-16)28(31)32)27-18(14-36-24(27)26-15)12-20(29)25-13-19-4-3-9-34-19/h5-8,14,19,22H,3-4,9-13H2,1-2H3,(H,25,29). The van der Waals surface area contributed by atoms with Crippen LogP contribution in [0.15, 0.2) is 51.6 Å². The highest BCUT2D eigenvalue weighted by molar-refractivity contribution is 8.16. The molecule has 0 saturated carbocycles. The number of allylic oxidation sites excluding steroid dienone is 1. The SMILES string of the molecule is COCCOC(=O)C1=C(C)N=C2SC=C(CC(=O)NCC3CCCO3)N2C1c1ccc([N+](=O)[O-])cc1. The van der Waals surface area contributed by atoms with Crippen LogP contribution < -0.4 is 5.32 Å². The van der Waals surface area contributed by atoms with Crippen molar-refractivity contribution in [1.29, 1.82) is 0 Å². The lowest BCUT2D eigenvalue weighted by Crippen LogP contribution is -2.39. The van der Waals surface area contributed by atoms with Gasteiger partial charge in [0.15, 0.2) is 5.17 Å². The van der Waals surface area contributed by atoms with Crippen LogP contribution in [0.4, 0.5) is 5.69 Å². The number of thioether (sulfide) groups is 1. The summed E-state index contributed by atoms with van der Waals surface area (Å²) in [6, 6.07) is 5.34. The molecule has 0 aromatic heterocycles. The fourth-order valence-electron chi connectivity index (χ4n) is 4.28. The second-order valence-electron chi connectivity index (χ2n) is 8.49. The van der Waals surface area contributed by atoms with Gasteiger partial charge in [-0.2, -0.15) is 0 Å². The molecule has 0 spiro atoms. The predicted octanol–water partition coefficient (Wildman–Crippen LogP) is 3.04. The highest BCUT2D eigenvalue weighted by Gasteiger charge is 2.41.